The molecule has 0 bridgehead atoms. The Kier molecular flexibility index (Phi) is 5.70. The van der Waals surface area contributed by atoms with Gasteiger partial charge in [-0.05, 0) is 49.6 Å². The first-order valence-corrected chi connectivity index (χ1v) is 10.1. The molecule has 8 nitrogen and oxygen atoms in total. The second-order valence-corrected chi connectivity index (χ2v) is 7.81. The number of benzene rings is 1. The first kappa shape index (κ1) is 22.2. The summed E-state index contributed by atoms with van der Waals surface area (Å²) in [5.74, 6) is 0.389. The van der Waals surface area contributed by atoms with Gasteiger partial charge in [-0.25, -0.2) is 9.97 Å². The van der Waals surface area contributed by atoms with E-state index in [-0.39, 0.29) is 18.1 Å². The van der Waals surface area contributed by atoms with E-state index in [1.54, 1.807) is 23.4 Å². The molecule has 11 heteroatoms. The number of azide groups is 1. The van der Waals surface area contributed by atoms with Crippen LogP contribution in [0.15, 0.2) is 47.8 Å². The summed E-state index contributed by atoms with van der Waals surface area (Å²) in [7, 11) is 0. The van der Waals surface area contributed by atoms with Crippen molar-refractivity contribution in [1.82, 2.24) is 14.5 Å². The summed E-state index contributed by atoms with van der Waals surface area (Å²) >= 11 is 0. The highest BCUT2D eigenvalue weighted by atomic mass is 19.4. The second-order valence-electron chi connectivity index (χ2n) is 7.81. The molecule has 168 valence electrons. The van der Waals surface area contributed by atoms with E-state index in [4.69, 9.17) is 5.53 Å². The van der Waals surface area contributed by atoms with Crippen molar-refractivity contribution in [3.05, 3.63) is 81.4 Å². The Labute approximate surface area is 187 Å². The molecule has 4 rings (SSSR count). The lowest BCUT2D eigenvalue weighted by atomic mass is 10.1. The summed E-state index contributed by atoms with van der Waals surface area (Å²) in [6.45, 7) is 3.64. The van der Waals surface area contributed by atoms with Crippen LogP contribution in [0.25, 0.3) is 16.1 Å². The first-order valence-electron chi connectivity index (χ1n) is 10.1. The lowest BCUT2D eigenvalue weighted by Crippen LogP contribution is -2.31. The molecule has 0 aliphatic carbocycles. The largest absolute Gasteiger partial charge is 0.417 e. The molecule has 1 aliphatic heterocycles. The Bertz CT molecular complexity index is 1280. The summed E-state index contributed by atoms with van der Waals surface area (Å²) in [4.78, 5) is 13.3. The number of nitriles is 1. The van der Waals surface area contributed by atoms with Gasteiger partial charge in [-0.3, -0.25) is 0 Å². The number of halogens is 3. The van der Waals surface area contributed by atoms with E-state index in [2.05, 4.69) is 20.0 Å². The summed E-state index contributed by atoms with van der Waals surface area (Å²) < 4.78 is 42.9. The molecular weight excluding hydrogens is 433 g/mol. The normalized spacial score (nSPS) is 18.1. The van der Waals surface area contributed by atoms with E-state index in [1.165, 1.54) is 6.92 Å². The van der Waals surface area contributed by atoms with Gasteiger partial charge < -0.3 is 9.47 Å². The van der Waals surface area contributed by atoms with Crippen molar-refractivity contribution in [1.29, 1.82) is 5.26 Å². The lowest BCUT2D eigenvalue weighted by molar-refractivity contribution is -0.137. The van der Waals surface area contributed by atoms with Crippen molar-refractivity contribution >= 4 is 5.82 Å². The number of anilines is 1. The maximum Gasteiger partial charge on any atom is 0.417 e. The molecule has 0 amide bonds. The smallest absolute Gasteiger partial charge is 0.345 e. The van der Waals surface area contributed by atoms with Crippen molar-refractivity contribution in [2.45, 2.75) is 38.5 Å². The van der Waals surface area contributed by atoms with Gasteiger partial charge in [0.2, 0.25) is 0 Å². The van der Waals surface area contributed by atoms with Crippen molar-refractivity contribution in [3.8, 4) is 11.8 Å². The van der Waals surface area contributed by atoms with Gasteiger partial charge in [-0.2, -0.15) is 18.4 Å². The third kappa shape index (κ3) is 4.08. The summed E-state index contributed by atoms with van der Waals surface area (Å²) in [5.41, 5.74) is 9.46. The topological polar surface area (TPSA) is 106 Å². The number of hydrogen-bond acceptors (Lipinski definition) is 5. The highest BCUT2D eigenvalue weighted by Crippen LogP contribution is 2.42. The lowest BCUT2D eigenvalue weighted by Gasteiger charge is -2.29. The maximum atomic E-state index is 13.7. The van der Waals surface area contributed by atoms with E-state index < -0.39 is 29.4 Å². The number of alkyl halides is 3. The number of nitrogens with zero attached hydrogens (tertiary/aromatic N) is 8. The molecule has 33 heavy (non-hydrogen) atoms. The Balaban J connectivity index is 1.91. The second kappa shape index (κ2) is 8.48. The molecule has 0 radical (unpaired) electrons. The minimum atomic E-state index is -4.72. The van der Waals surface area contributed by atoms with Crippen molar-refractivity contribution in [2.24, 2.45) is 5.11 Å². The standard InChI is InChI=1S/C22H19F3N8/c1-13-4-3-5-15(10-13)32-9-7-28-21(32)19-18(30-31-27)6-8-33(19)20-16(12-26)17(22(23,24)25)11-14(2)29-20/h3-5,7,9-11,18-19H,6,8H2,1-2H3/t18-,19+/m1/s1. The Morgan fingerprint density at radius 3 is 2.73 bits per heavy atom. The Hall–Kier alpha value is -4.03. The van der Waals surface area contributed by atoms with Crippen molar-refractivity contribution in [3.63, 3.8) is 0 Å². The molecule has 2 atom stereocenters. The average Bonchev–Trinajstić information content (AvgIpc) is 3.39. The summed E-state index contributed by atoms with van der Waals surface area (Å²) in [6, 6.07) is 8.89. The molecule has 1 aliphatic rings. The van der Waals surface area contributed by atoms with E-state index in [1.807, 2.05) is 35.8 Å². The Morgan fingerprint density at radius 1 is 1.27 bits per heavy atom. The van der Waals surface area contributed by atoms with Gasteiger partial charge in [0.05, 0.1) is 17.6 Å². The maximum absolute atomic E-state index is 13.7. The van der Waals surface area contributed by atoms with Crippen LogP contribution in [-0.4, -0.2) is 27.1 Å². The van der Waals surface area contributed by atoms with Crippen LogP contribution in [0.4, 0.5) is 19.0 Å². The van der Waals surface area contributed by atoms with Crippen LogP contribution in [0, 0.1) is 25.2 Å². The molecule has 0 N–H and O–H groups in total. The molecule has 1 saturated heterocycles. The zero-order chi connectivity index (χ0) is 23.8. The van der Waals surface area contributed by atoms with E-state index in [0.717, 1.165) is 17.3 Å². The SMILES string of the molecule is Cc1cccc(-n2ccnc2[C@@H]2[C@H](N=[N+]=[N-])CCN2c2nc(C)cc(C(F)(F)F)c2C#N)c1. The van der Waals surface area contributed by atoms with Crippen LogP contribution in [-0.2, 0) is 6.18 Å². The molecule has 3 heterocycles. The fraction of sp³-hybridized carbons (Fsp3) is 0.318. The first-order chi connectivity index (χ1) is 15.7. The van der Waals surface area contributed by atoms with Gasteiger partial charge in [-0.15, -0.1) is 0 Å². The molecule has 0 saturated carbocycles. The molecule has 0 unspecified atom stereocenters. The van der Waals surface area contributed by atoms with Crippen LogP contribution in [0.3, 0.4) is 0 Å². The summed E-state index contributed by atoms with van der Waals surface area (Å²) in [6.07, 6.45) is -1.02. The molecule has 3 aromatic rings. The van der Waals surface area contributed by atoms with Crippen LogP contribution >= 0.6 is 0 Å². The quantitative estimate of drug-likeness (QED) is 0.300. The van der Waals surface area contributed by atoms with Gasteiger partial charge in [0.25, 0.3) is 0 Å². The Morgan fingerprint density at radius 2 is 2.06 bits per heavy atom. The predicted molar refractivity (Wildman–Crippen MR) is 115 cm³/mol. The van der Waals surface area contributed by atoms with Crippen molar-refractivity contribution in [2.75, 3.05) is 11.4 Å². The van der Waals surface area contributed by atoms with E-state index in [0.29, 0.717) is 12.2 Å². The number of aromatic nitrogens is 3. The fourth-order valence-corrected chi connectivity index (χ4v) is 4.24. The van der Waals surface area contributed by atoms with Gasteiger partial charge in [0, 0.05) is 35.2 Å². The van der Waals surface area contributed by atoms with Crippen LogP contribution in [0.1, 0.15) is 40.7 Å². The minimum Gasteiger partial charge on any atom is -0.345 e. The molecular formula is C22H19F3N8. The summed E-state index contributed by atoms with van der Waals surface area (Å²) in [5, 5.41) is 13.5. The molecule has 1 fully saturated rings. The van der Waals surface area contributed by atoms with Gasteiger partial charge >= 0.3 is 6.18 Å². The van der Waals surface area contributed by atoms with E-state index in [9.17, 15) is 18.4 Å². The third-order valence-corrected chi connectivity index (χ3v) is 5.60. The predicted octanol–water partition coefficient (Wildman–Crippen LogP) is 5.40. The van der Waals surface area contributed by atoms with Crippen LogP contribution in [0.5, 0.6) is 0 Å². The average molecular weight is 452 g/mol. The van der Waals surface area contributed by atoms with Crippen LogP contribution < -0.4 is 4.90 Å². The number of imidazole rings is 1. The fourth-order valence-electron chi connectivity index (χ4n) is 4.24. The molecule has 1 aromatic carbocycles. The third-order valence-electron chi connectivity index (χ3n) is 5.60. The van der Waals surface area contributed by atoms with E-state index >= 15 is 0 Å². The number of aryl methyl sites for hydroxylation is 2. The zero-order valence-corrected chi connectivity index (χ0v) is 17.8. The van der Waals surface area contributed by atoms with Gasteiger partial charge in [0.1, 0.15) is 23.3 Å². The van der Waals surface area contributed by atoms with Crippen molar-refractivity contribution < 1.29 is 13.2 Å². The highest BCUT2D eigenvalue weighted by Gasteiger charge is 2.42. The van der Waals surface area contributed by atoms with Gasteiger partial charge in [-0.1, -0.05) is 17.2 Å². The van der Waals surface area contributed by atoms with Gasteiger partial charge in [0.15, 0.2) is 0 Å². The number of rotatable bonds is 4. The van der Waals surface area contributed by atoms with Crippen LogP contribution in [0.2, 0.25) is 0 Å². The molecule has 2 aromatic heterocycles. The molecule has 0 spiro atoms. The minimum absolute atomic E-state index is 0.0933. The number of hydrogen-bond donors (Lipinski definition) is 0. The monoisotopic (exact) mass is 452 g/mol. The zero-order valence-electron chi connectivity index (χ0n) is 17.8. The highest BCUT2D eigenvalue weighted by molar-refractivity contribution is 5.61. The number of pyridine rings is 1.